The van der Waals surface area contributed by atoms with Crippen molar-refractivity contribution in [2.24, 2.45) is 16.7 Å². The first kappa shape index (κ1) is 14.9. The van der Waals surface area contributed by atoms with Gasteiger partial charge in [0.15, 0.2) is 0 Å². The van der Waals surface area contributed by atoms with Crippen molar-refractivity contribution in [3.8, 4) is 0 Å². The van der Waals surface area contributed by atoms with Crippen LogP contribution in [0.2, 0.25) is 0 Å². The van der Waals surface area contributed by atoms with Gasteiger partial charge < -0.3 is 15.3 Å². The Bertz CT molecular complexity index is 563. The van der Waals surface area contributed by atoms with E-state index in [1.807, 2.05) is 6.08 Å². The third-order valence-electron chi connectivity index (χ3n) is 7.40. The van der Waals surface area contributed by atoms with Crippen molar-refractivity contribution >= 4 is 0 Å². The van der Waals surface area contributed by atoms with Crippen LogP contribution >= 0.6 is 0 Å². The summed E-state index contributed by atoms with van der Waals surface area (Å²) in [7, 11) is 0. The zero-order valence-corrected chi connectivity index (χ0v) is 13.7. The van der Waals surface area contributed by atoms with Gasteiger partial charge in [-0.2, -0.15) is 0 Å². The van der Waals surface area contributed by atoms with E-state index in [4.69, 9.17) is 0 Å². The lowest BCUT2D eigenvalue weighted by Gasteiger charge is -2.52. The SMILES string of the molecule is C[C@]12CCC(O)C=C1CC(O)C1=C2CC[C@]2(C)C(O)CC[C@@H]12. The van der Waals surface area contributed by atoms with E-state index in [-0.39, 0.29) is 23.0 Å². The van der Waals surface area contributed by atoms with Crippen LogP contribution < -0.4 is 0 Å². The largest absolute Gasteiger partial charge is 0.393 e. The molecule has 0 aromatic rings. The molecular formula is C19H28O3. The van der Waals surface area contributed by atoms with E-state index in [9.17, 15) is 15.3 Å². The Morgan fingerprint density at radius 1 is 1.05 bits per heavy atom. The van der Waals surface area contributed by atoms with Crippen molar-refractivity contribution in [2.75, 3.05) is 0 Å². The summed E-state index contributed by atoms with van der Waals surface area (Å²) >= 11 is 0. The minimum absolute atomic E-state index is 0.0304. The molecule has 0 aromatic carbocycles. The van der Waals surface area contributed by atoms with Crippen LogP contribution in [0.4, 0.5) is 0 Å². The number of rotatable bonds is 0. The lowest BCUT2D eigenvalue weighted by atomic mass is 9.53. The van der Waals surface area contributed by atoms with E-state index in [1.165, 1.54) is 16.7 Å². The molecule has 4 aliphatic carbocycles. The fourth-order valence-electron chi connectivity index (χ4n) is 5.90. The van der Waals surface area contributed by atoms with Gasteiger partial charge in [-0.25, -0.2) is 0 Å². The van der Waals surface area contributed by atoms with Crippen LogP contribution in [0.25, 0.3) is 0 Å². The fraction of sp³-hybridized carbons (Fsp3) is 0.789. The average molecular weight is 304 g/mol. The molecule has 0 spiro atoms. The third kappa shape index (κ3) is 1.79. The lowest BCUT2D eigenvalue weighted by molar-refractivity contribution is 0.0211. The lowest BCUT2D eigenvalue weighted by Crippen LogP contribution is -2.46. The van der Waals surface area contributed by atoms with Crippen molar-refractivity contribution in [3.05, 3.63) is 22.8 Å². The van der Waals surface area contributed by atoms with Crippen molar-refractivity contribution in [3.63, 3.8) is 0 Å². The number of aliphatic hydroxyl groups excluding tert-OH is 3. The number of hydrogen-bond donors (Lipinski definition) is 3. The maximum Gasteiger partial charge on any atom is 0.0793 e. The normalized spacial score (nSPS) is 51.0. The Balaban J connectivity index is 1.83. The van der Waals surface area contributed by atoms with Crippen LogP contribution in [0.1, 0.15) is 58.8 Å². The summed E-state index contributed by atoms with van der Waals surface area (Å²) in [4.78, 5) is 0. The molecule has 0 aliphatic heterocycles. The van der Waals surface area contributed by atoms with Gasteiger partial charge >= 0.3 is 0 Å². The molecule has 122 valence electrons. The molecule has 3 N–H and O–H groups in total. The smallest absolute Gasteiger partial charge is 0.0793 e. The number of aliphatic hydroxyl groups is 3. The second kappa shape index (κ2) is 4.68. The van der Waals surface area contributed by atoms with Gasteiger partial charge in [0.2, 0.25) is 0 Å². The first-order valence-electron chi connectivity index (χ1n) is 8.85. The topological polar surface area (TPSA) is 60.7 Å². The molecule has 3 nitrogen and oxygen atoms in total. The maximum absolute atomic E-state index is 10.8. The van der Waals surface area contributed by atoms with Gasteiger partial charge in [-0.3, -0.25) is 0 Å². The van der Waals surface area contributed by atoms with E-state index in [1.54, 1.807) is 0 Å². The van der Waals surface area contributed by atoms with Crippen LogP contribution in [0.5, 0.6) is 0 Å². The second-order valence-corrected chi connectivity index (χ2v) is 8.44. The minimum Gasteiger partial charge on any atom is -0.393 e. The quantitative estimate of drug-likeness (QED) is 0.603. The predicted octanol–water partition coefficient (Wildman–Crippen LogP) is 2.71. The monoisotopic (exact) mass is 304 g/mol. The Morgan fingerprint density at radius 3 is 2.59 bits per heavy atom. The van der Waals surface area contributed by atoms with Gasteiger partial charge in [0.25, 0.3) is 0 Å². The van der Waals surface area contributed by atoms with Crippen LogP contribution in [-0.2, 0) is 0 Å². The Kier molecular flexibility index (Phi) is 3.18. The number of hydrogen-bond acceptors (Lipinski definition) is 3. The van der Waals surface area contributed by atoms with Crippen molar-refractivity contribution < 1.29 is 15.3 Å². The summed E-state index contributed by atoms with van der Waals surface area (Å²) < 4.78 is 0. The fourth-order valence-corrected chi connectivity index (χ4v) is 5.90. The summed E-state index contributed by atoms with van der Waals surface area (Å²) in [5, 5.41) is 31.2. The summed E-state index contributed by atoms with van der Waals surface area (Å²) in [6.45, 7) is 4.52. The van der Waals surface area contributed by atoms with Crippen molar-refractivity contribution in [1.82, 2.24) is 0 Å². The van der Waals surface area contributed by atoms with Gasteiger partial charge in [-0.15, -0.1) is 0 Å². The highest BCUT2D eigenvalue weighted by atomic mass is 16.3. The summed E-state index contributed by atoms with van der Waals surface area (Å²) in [5.74, 6) is 0.339. The highest BCUT2D eigenvalue weighted by Crippen LogP contribution is 2.62. The van der Waals surface area contributed by atoms with Gasteiger partial charge in [0, 0.05) is 10.8 Å². The zero-order valence-electron chi connectivity index (χ0n) is 13.7. The molecule has 3 unspecified atom stereocenters. The molecule has 4 rings (SSSR count). The number of fused-ring (bicyclic) bond motifs is 4. The summed E-state index contributed by atoms with van der Waals surface area (Å²) in [6, 6.07) is 0. The van der Waals surface area contributed by atoms with E-state index in [0.29, 0.717) is 12.3 Å². The highest BCUT2D eigenvalue weighted by Gasteiger charge is 2.55. The zero-order chi connectivity index (χ0) is 15.7. The van der Waals surface area contributed by atoms with Gasteiger partial charge in [0.1, 0.15) is 0 Å². The minimum atomic E-state index is -0.422. The second-order valence-electron chi connectivity index (χ2n) is 8.44. The van der Waals surface area contributed by atoms with Gasteiger partial charge in [-0.05, 0) is 56.4 Å². The van der Waals surface area contributed by atoms with Gasteiger partial charge in [0.05, 0.1) is 18.3 Å². The molecule has 6 atom stereocenters. The molecule has 1 fully saturated rings. The Labute approximate surface area is 132 Å². The molecule has 0 amide bonds. The first-order chi connectivity index (χ1) is 10.4. The molecule has 1 saturated carbocycles. The molecule has 3 heteroatoms. The Morgan fingerprint density at radius 2 is 1.82 bits per heavy atom. The molecular weight excluding hydrogens is 276 g/mol. The molecule has 0 aromatic heterocycles. The Hall–Kier alpha value is -0.640. The highest BCUT2D eigenvalue weighted by molar-refractivity contribution is 5.45. The summed E-state index contributed by atoms with van der Waals surface area (Å²) in [6.07, 6.45) is 7.34. The third-order valence-corrected chi connectivity index (χ3v) is 7.40. The van der Waals surface area contributed by atoms with Crippen LogP contribution in [0.3, 0.4) is 0 Å². The van der Waals surface area contributed by atoms with E-state index < -0.39 is 6.10 Å². The van der Waals surface area contributed by atoms with E-state index in [0.717, 1.165) is 38.5 Å². The molecule has 0 saturated heterocycles. The molecule has 0 radical (unpaired) electrons. The van der Waals surface area contributed by atoms with Crippen LogP contribution in [0.15, 0.2) is 22.8 Å². The predicted molar refractivity (Wildman–Crippen MR) is 85.2 cm³/mol. The maximum atomic E-state index is 10.8. The van der Waals surface area contributed by atoms with Crippen molar-refractivity contribution in [2.45, 2.75) is 77.1 Å². The van der Waals surface area contributed by atoms with E-state index >= 15 is 0 Å². The number of allylic oxidation sites excluding steroid dienone is 1. The van der Waals surface area contributed by atoms with Crippen LogP contribution in [-0.4, -0.2) is 33.6 Å². The molecule has 0 heterocycles. The van der Waals surface area contributed by atoms with Crippen LogP contribution in [0, 0.1) is 16.7 Å². The molecule has 4 aliphatic rings. The standard InChI is InChI=1S/C19H28O3/c1-18-7-5-12(20)9-11(18)10-15(21)17-13-3-4-16(22)19(13,2)8-6-14(17)18/h9,12-13,15-16,20-22H,3-8,10H2,1-2H3/t12?,13-,15?,16?,18-,19-/m0/s1. The van der Waals surface area contributed by atoms with Gasteiger partial charge in [-0.1, -0.05) is 31.1 Å². The first-order valence-corrected chi connectivity index (χ1v) is 8.85. The molecule has 22 heavy (non-hydrogen) atoms. The average Bonchev–Trinajstić information content (AvgIpc) is 2.77. The van der Waals surface area contributed by atoms with Crippen molar-refractivity contribution in [1.29, 1.82) is 0 Å². The molecule has 0 bridgehead atoms. The van der Waals surface area contributed by atoms with E-state index in [2.05, 4.69) is 13.8 Å². The summed E-state index contributed by atoms with van der Waals surface area (Å²) in [5.41, 5.74) is 3.90.